The Morgan fingerprint density at radius 3 is 2.06 bits per heavy atom. The van der Waals surface area contributed by atoms with Crippen LogP contribution in [0.3, 0.4) is 0 Å². The first-order valence-electron chi connectivity index (χ1n) is 10.5. The quantitative estimate of drug-likeness (QED) is 0.576. The van der Waals surface area contributed by atoms with Crippen LogP contribution in [-0.2, 0) is 6.18 Å². The van der Waals surface area contributed by atoms with Gasteiger partial charge in [0.25, 0.3) is 5.91 Å². The molecule has 0 spiro atoms. The van der Waals surface area contributed by atoms with E-state index in [-0.39, 0.29) is 22.4 Å². The molecule has 1 aliphatic heterocycles. The van der Waals surface area contributed by atoms with Gasteiger partial charge in [0.15, 0.2) is 0 Å². The van der Waals surface area contributed by atoms with Gasteiger partial charge in [-0.25, -0.2) is 4.79 Å². The highest BCUT2D eigenvalue weighted by Crippen LogP contribution is 2.34. The van der Waals surface area contributed by atoms with Crippen molar-refractivity contribution in [1.29, 1.82) is 0 Å². The zero-order valence-corrected chi connectivity index (χ0v) is 17.9. The smallest absolute Gasteiger partial charge is 0.416 e. The number of benzene rings is 3. The lowest BCUT2D eigenvalue weighted by atomic mass is 9.98. The first-order valence-corrected chi connectivity index (χ1v) is 10.5. The molecular formula is C25H21F3N2O4. The van der Waals surface area contributed by atoms with E-state index in [1.54, 1.807) is 18.2 Å². The molecule has 9 heteroatoms. The van der Waals surface area contributed by atoms with Gasteiger partial charge in [0.1, 0.15) is 5.75 Å². The zero-order valence-electron chi connectivity index (χ0n) is 17.9. The number of carboxylic acid groups (broad SMARTS) is 1. The molecule has 0 unspecified atom stereocenters. The number of carbonyl (C=O) groups is 2. The SMILES string of the molecule is O=C(O)c1ccc(N2CCN(C(=O)c3cc(-c4cccc(O)c4)cc(C(F)(F)F)c3)CC2)cc1. The van der Waals surface area contributed by atoms with Gasteiger partial charge in [0, 0.05) is 37.4 Å². The summed E-state index contributed by atoms with van der Waals surface area (Å²) in [5.41, 5.74) is 0.522. The number of phenolic OH excluding ortho intramolecular Hbond substituents is 1. The van der Waals surface area contributed by atoms with Gasteiger partial charge in [0.2, 0.25) is 0 Å². The Hall–Kier alpha value is -4.01. The van der Waals surface area contributed by atoms with E-state index in [0.29, 0.717) is 31.7 Å². The lowest BCUT2D eigenvalue weighted by molar-refractivity contribution is -0.137. The standard InChI is InChI=1S/C25H21F3N2O4/c26-25(27,28)20-13-18(17-2-1-3-22(31)15-17)12-19(14-20)23(32)30-10-8-29(9-11-30)21-6-4-16(5-7-21)24(33)34/h1-7,12-15,31H,8-11H2,(H,33,34). The molecule has 0 saturated carbocycles. The van der Waals surface area contributed by atoms with Gasteiger partial charge < -0.3 is 20.0 Å². The molecular weight excluding hydrogens is 449 g/mol. The molecule has 1 amide bonds. The van der Waals surface area contributed by atoms with Crippen molar-refractivity contribution in [2.45, 2.75) is 6.18 Å². The Morgan fingerprint density at radius 2 is 1.47 bits per heavy atom. The molecule has 176 valence electrons. The van der Waals surface area contributed by atoms with Gasteiger partial charge in [0.05, 0.1) is 11.1 Å². The van der Waals surface area contributed by atoms with Gasteiger partial charge in [-0.05, 0) is 65.7 Å². The van der Waals surface area contributed by atoms with E-state index in [2.05, 4.69) is 0 Å². The molecule has 4 rings (SSSR count). The monoisotopic (exact) mass is 470 g/mol. The summed E-state index contributed by atoms with van der Waals surface area (Å²) in [6.07, 6.45) is -4.64. The van der Waals surface area contributed by atoms with Crippen LogP contribution in [0.5, 0.6) is 5.75 Å². The summed E-state index contributed by atoms with van der Waals surface area (Å²) < 4.78 is 40.6. The summed E-state index contributed by atoms with van der Waals surface area (Å²) in [6, 6.07) is 15.5. The second-order valence-corrected chi connectivity index (χ2v) is 7.98. The molecule has 6 nitrogen and oxygen atoms in total. The number of carboxylic acids is 1. The van der Waals surface area contributed by atoms with Gasteiger partial charge in [-0.3, -0.25) is 4.79 Å². The molecule has 0 atom stereocenters. The van der Waals surface area contributed by atoms with Crippen molar-refractivity contribution in [3.63, 3.8) is 0 Å². The number of piperazine rings is 1. The van der Waals surface area contributed by atoms with E-state index in [1.807, 2.05) is 4.90 Å². The Labute approximate surface area is 193 Å². The minimum Gasteiger partial charge on any atom is -0.508 e. The van der Waals surface area contributed by atoms with Gasteiger partial charge in [-0.2, -0.15) is 13.2 Å². The molecule has 2 N–H and O–H groups in total. The molecule has 0 aliphatic carbocycles. The van der Waals surface area contributed by atoms with Crippen molar-refractivity contribution in [2.75, 3.05) is 31.1 Å². The summed E-state index contributed by atoms with van der Waals surface area (Å²) in [5.74, 6) is -1.61. The van der Waals surface area contributed by atoms with Crippen LogP contribution < -0.4 is 4.90 Å². The second-order valence-electron chi connectivity index (χ2n) is 7.98. The number of aromatic carboxylic acids is 1. The fourth-order valence-electron chi connectivity index (χ4n) is 3.93. The molecule has 1 saturated heterocycles. The van der Waals surface area contributed by atoms with Crippen molar-refractivity contribution in [1.82, 2.24) is 4.90 Å². The number of alkyl halides is 3. The number of hydrogen-bond donors (Lipinski definition) is 2. The predicted octanol–water partition coefficient (Wildman–Crippen LogP) is 4.74. The van der Waals surface area contributed by atoms with Crippen molar-refractivity contribution >= 4 is 17.6 Å². The predicted molar refractivity (Wildman–Crippen MR) is 120 cm³/mol. The van der Waals surface area contributed by atoms with Crippen LogP contribution in [0.4, 0.5) is 18.9 Å². The Kier molecular flexibility index (Phi) is 6.19. The Morgan fingerprint density at radius 1 is 0.794 bits per heavy atom. The van der Waals surface area contributed by atoms with Crippen molar-refractivity contribution < 1.29 is 33.0 Å². The Bertz CT molecular complexity index is 1220. The number of carbonyl (C=O) groups excluding carboxylic acids is 1. The average molecular weight is 470 g/mol. The van der Waals surface area contributed by atoms with E-state index < -0.39 is 23.6 Å². The van der Waals surface area contributed by atoms with Gasteiger partial charge >= 0.3 is 12.1 Å². The Balaban J connectivity index is 1.54. The molecule has 0 radical (unpaired) electrons. The molecule has 1 aliphatic rings. The second kappa shape index (κ2) is 9.09. The number of amides is 1. The van der Waals surface area contributed by atoms with Crippen LogP contribution in [-0.4, -0.2) is 53.2 Å². The lowest BCUT2D eigenvalue weighted by Gasteiger charge is -2.36. The topological polar surface area (TPSA) is 81.1 Å². The number of nitrogens with zero attached hydrogens (tertiary/aromatic N) is 2. The third-order valence-electron chi connectivity index (χ3n) is 5.73. The van der Waals surface area contributed by atoms with Crippen LogP contribution in [0.15, 0.2) is 66.7 Å². The number of anilines is 1. The van der Waals surface area contributed by atoms with Gasteiger partial charge in [-0.1, -0.05) is 12.1 Å². The number of halogens is 3. The first-order chi connectivity index (χ1) is 16.1. The minimum atomic E-state index is -4.64. The highest BCUT2D eigenvalue weighted by Gasteiger charge is 2.33. The summed E-state index contributed by atoms with van der Waals surface area (Å²) in [6.45, 7) is 1.52. The highest BCUT2D eigenvalue weighted by molar-refractivity contribution is 5.96. The molecule has 34 heavy (non-hydrogen) atoms. The summed E-state index contributed by atoms with van der Waals surface area (Å²) in [5, 5.41) is 18.7. The van der Waals surface area contributed by atoms with Crippen LogP contribution in [0.2, 0.25) is 0 Å². The fraction of sp³-hybridized carbons (Fsp3) is 0.200. The first kappa shape index (κ1) is 23.2. The normalized spacial score (nSPS) is 14.2. The fourth-order valence-corrected chi connectivity index (χ4v) is 3.93. The van der Waals surface area contributed by atoms with Crippen LogP contribution in [0, 0.1) is 0 Å². The molecule has 1 heterocycles. The van der Waals surface area contributed by atoms with Crippen molar-refractivity contribution in [3.05, 3.63) is 83.4 Å². The molecule has 1 fully saturated rings. The van der Waals surface area contributed by atoms with Crippen molar-refractivity contribution in [3.8, 4) is 16.9 Å². The minimum absolute atomic E-state index is 0.0765. The van der Waals surface area contributed by atoms with Crippen LogP contribution in [0.25, 0.3) is 11.1 Å². The molecule has 3 aromatic carbocycles. The molecule has 3 aromatic rings. The van der Waals surface area contributed by atoms with Crippen LogP contribution >= 0.6 is 0 Å². The lowest BCUT2D eigenvalue weighted by Crippen LogP contribution is -2.48. The van der Waals surface area contributed by atoms with E-state index >= 15 is 0 Å². The maximum atomic E-state index is 13.5. The van der Waals surface area contributed by atoms with E-state index in [0.717, 1.165) is 17.8 Å². The van der Waals surface area contributed by atoms with E-state index in [4.69, 9.17) is 5.11 Å². The number of rotatable bonds is 4. The average Bonchev–Trinajstić information content (AvgIpc) is 2.83. The third-order valence-corrected chi connectivity index (χ3v) is 5.73. The number of aromatic hydroxyl groups is 1. The largest absolute Gasteiger partial charge is 0.508 e. The molecule has 0 bridgehead atoms. The summed E-state index contributed by atoms with van der Waals surface area (Å²) in [7, 11) is 0. The maximum absolute atomic E-state index is 13.5. The molecule has 0 aromatic heterocycles. The summed E-state index contributed by atoms with van der Waals surface area (Å²) in [4.78, 5) is 27.6. The van der Waals surface area contributed by atoms with Crippen molar-refractivity contribution in [2.24, 2.45) is 0 Å². The third kappa shape index (κ3) is 4.98. The highest BCUT2D eigenvalue weighted by atomic mass is 19.4. The van der Waals surface area contributed by atoms with Gasteiger partial charge in [-0.15, -0.1) is 0 Å². The van der Waals surface area contributed by atoms with Crippen LogP contribution in [0.1, 0.15) is 26.3 Å². The zero-order chi connectivity index (χ0) is 24.5. The van der Waals surface area contributed by atoms with E-state index in [1.165, 1.54) is 41.3 Å². The summed E-state index contributed by atoms with van der Waals surface area (Å²) >= 11 is 0. The maximum Gasteiger partial charge on any atom is 0.416 e. The number of phenols is 1. The van der Waals surface area contributed by atoms with E-state index in [9.17, 15) is 27.9 Å². The number of hydrogen-bond acceptors (Lipinski definition) is 4.